The summed E-state index contributed by atoms with van der Waals surface area (Å²) in [5.74, 6) is 1.15. The summed E-state index contributed by atoms with van der Waals surface area (Å²) >= 11 is 2.46. The SMILES string of the molecule is CC(=O)Nc1nnc(S(=O)(=O)NCCSCc2ccc(C)cc2)s1. The van der Waals surface area contributed by atoms with Crippen molar-refractivity contribution < 1.29 is 13.2 Å². The average Bonchev–Trinajstić information content (AvgIpc) is 2.97. The highest BCUT2D eigenvalue weighted by molar-refractivity contribution is 7.98. The lowest BCUT2D eigenvalue weighted by Gasteiger charge is -2.04. The zero-order valence-electron chi connectivity index (χ0n) is 13.3. The lowest BCUT2D eigenvalue weighted by atomic mass is 10.2. The van der Waals surface area contributed by atoms with Crippen molar-refractivity contribution in [2.75, 3.05) is 17.6 Å². The Kier molecular flexibility index (Phi) is 6.72. The van der Waals surface area contributed by atoms with Crippen molar-refractivity contribution in [3.63, 3.8) is 0 Å². The van der Waals surface area contributed by atoms with E-state index in [4.69, 9.17) is 0 Å². The van der Waals surface area contributed by atoms with E-state index in [1.165, 1.54) is 18.1 Å². The first-order valence-electron chi connectivity index (χ1n) is 7.11. The van der Waals surface area contributed by atoms with Crippen LogP contribution in [0.15, 0.2) is 28.6 Å². The van der Waals surface area contributed by atoms with Crippen LogP contribution in [0.1, 0.15) is 18.1 Å². The van der Waals surface area contributed by atoms with Gasteiger partial charge in [0.25, 0.3) is 10.0 Å². The predicted molar refractivity (Wildman–Crippen MR) is 96.7 cm³/mol. The summed E-state index contributed by atoms with van der Waals surface area (Å²) in [4.78, 5) is 10.9. The highest BCUT2D eigenvalue weighted by Gasteiger charge is 2.19. The lowest BCUT2D eigenvalue weighted by molar-refractivity contribution is -0.114. The summed E-state index contributed by atoms with van der Waals surface area (Å²) in [5, 5.41) is 9.79. The Morgan fingerprint density at radius 1 is 1.25 bits per heavy atom. The second-order valence-corrected chi connectivity index (χ2v) is 9.01. The number of sulfonamides is 1. The molecule has 1 aromatic carbocycles. The van der Waals surface area contributed by atoms with Crippen molar-refractivity contribution in [2.24, 2.45) is 0 Å². The number of anilines is 1. The van der Waals surface area contributed by atoms with E-state index < -0.39 is 10.0 Å². The molecule has 2 rings (SSSR count). The highest BCUT2D eigenvalue weighted by atomic mass is 32.2. The third-order valence-electron chi connectivity index (χ3n) is 2.85. The Balaban J connectivity index is 1.77. The van der Waals surface area contributed by atoms with Crippen molar-refractivity contribution in [1.82, 2.24) is 14.9 Å². The van der Waals surface area contributed by atoms with E-state index in [1.54, 1.807) is 11.8 Å². The largest absolute Gasteiger partial charge is 0.301 e. The zero-order valence-corrected chi connectivity index (χ0v) is 15.7. The fraction of sp³-hybridized carbons (Fsp3) is 0.357. The number of nitrogens with one attached hydrogen (secondary N) is 2. The van der Waals surface area contributed by atoms with E-state index in [2.05, 4.69) is 44.5 Å². The second-order valence-electron chi connectivity index (χ2n) is 4.99. The van der Waals surface area contributed by atoms with Crippen molar-refractivity contribution in [3.05, 3.63) is 35.4 Å². The van der Waals surface area contributed by atoms with E-state index in [1.807, 2.05) is 6.92 Å². The Hall–Kier alpha value is -1.49. The molecule has 0 saturated carbocycles. The maximum Gasteiger partial charge on any atom is 0.269 e. The van der Waals surface area contributed by atoms with Gasteiger partial charge in [-0.05, 0) is 12.5 Å². The highest BCUT2D eigenvalue weighted by Crippen LogP contribution is 2.19. The molecule has 1 heterocycles. The van der Waals surface area contributed by atoms with E-state index in [0.717, 1.165) is 17.1 Å². The summed E-state index contributed by atoms with van der Waals surface area (Å²) in [6.45, 7) is 3.66. The van der Waals surface area contributed by atoms with Gasteiger partial charge in [0, 0.05) is 25.0 Å². The van der Waals surface area contributed by atoms with Crippen LogP contribution in [0.4, 0.5) is 5.13 Å². The average molecular weight is 387 g/mol. The third kappa shape index (κ3) is 5.86. The number of carbonyl (C=O) groups is 1. The maximum atomic E-state index is 12.1. The Bertz CT molecular complexity index is 788. The molecule has 0 aliphatic rings. The van der Waals surface area contributed by atoms with Crippen molar-refractivity contribution in [2.45, 2.75) is 23.9 Å². The number of nitrogens with zero attached hydrogens (tertiary/aromatic N) is 2. The van der Waals surface area contributed by atoms with Crippen LogP contribution < -0.4 is 10.0 Å². The van der Waals surface area contributed by atoms with Gasteiger partial charge in [-0.3, -0.25) is 4.79 Å². The summed E-state index contributed by atoms with van der Waals surface area (Å²) in [7, 11) is -3.70. The van der Waals surface area contributed by atoms with Gasteiger partial charge in [-0.1, -0.05) is 41.2 Å². The normalized spacial score (nSPS) is 11.4. The molecule has 0 spiro atoms. The van der Waals surface area contributed by atoms with Crippen LogP contribution in [-0.4, -0.2) is 36.8 Å². The minimum absolute atomic E-state index is 0.158. The Labute approximate surface area is 149 Å². The quantitative estimate of drug-likeness (QED) is 0.532. The Morgan fingerprint density at radius 2 is 1.96 bits per heavy atom. The molecule has 0 aliphatic heterocycles. The van der Waals surface area contributed by atoms with Gasteiger partial charge in [-0.25, -0.2) is 13.1 Å². The fourth-order valence-corrected chi connectivity index (χ4v) is 4.67. The van der Waals surface area contributed by atoms with Crippen LogP contribution in [0.3, 0.4) is 0 Å². The molecule has 24 heavy (non-hydrogen) atoms. The minimum atomic E-state index is -3.70. The minimum Gasteiger partial charge on any atom is -0.301 e. The summed E-state index contributed by atoms with van der Waals surface area (Å²) in [5.41, 5.74) is 2.42. The summed E-state index contributed by atoms with van der Waals surface area (Å²) < 4.78 is 26.5. The van der Waals surface area contributed by atoms with E-state index in [-0.39, 0.29) is 15.4 Å². The van der Waals surface area contributed by atoms with Gasteiger partial charge < -0.3 is 5.32 Å². The van der Waals surface area contributed by atoms with Crippen molar-refractivity contribution in [3.8, 4) is 0 Å². The third-order valence-corrected chi connectivity index (χ3v) is 6.54. The zero-order chi connectivity index (χ0) is 17.6. The maximum absolute atomic E-state index is 12.1. The van der Waals surface area contributed by atoms with Gasteiger partial charge in [-0.15, -0.1) is 10.2 Å². The second kappa shape index (κ2) is 8.56. The number of thioether (sulfide) groups is 1. The molecule has 0 unspecified atom stereocenters. The lowest BCUT2D eigenvalue weighted by Crippen LogP contribution is -2.26. The molecule has 0 saturated heterocycles. The number of carbonyl (C=O) groups excluding carboxylic acids is 1. The molecule has 0 radical (unpaired) electrons. The molecule has 1 amide bonds. The number of hydrogen-bond donors (Lipinski definition) is 2. The van der Waals surface area contributed by atoms with E-state index in [0.29, 0.717) is 12.3 Å². The number of aromatic nitrogens is 2. The van der Waals surface area contributed by atoms with Crippen LogP contribution in [-0.2, 0) is 20.6 Å². The number of aryl methyl sites for hydroxylation is 1. The number of amides is 1. The summed E-state index contributed by atoms with van der Waals surface area (Å²) in [6, 6.07) is 8.25. The first kappa shape index (κ1) is 18.8. The molecule has 130 valence electrons. The van der Waals surface area contributed by atoms with Crippen LogP contribution in [0.25, 0.3) is 0 Å². The molecule has 0 atom stereocenters. The van der Waals surface area contributed by atoms with Crippen LogP contribution in [0.2, 0.25) is 0 Å². The van der Waals surface area contributed by atoms with Gasteiger partial charge >= 0.3 is 0 Å². The molecule has 0 bridgehead atoms. The molecular weight excluding hydrogens is 368 g/mol. The molecule has 0 fully saturated rings. The van der Waals surface area contributed by atoms with Crippen molar-refractivity contribution in [1.29, 1.82) is 0 Å². The molecule has 7 nitrogen and oxygen atoms in total. The topological polar surface area (TPSA) is 101 Å². The number of benzene rings is 1. The monoisotopic (exact) mass is 386 g/mol. The molecule has 2 N–H and O–H groups in total. The van der Waals surface area contributed by atoms with E-state index >= 15 is 0 Å². The molecular formula is C14H18N4O3S3. The van der Waals surface area contributed by atoms with Crippen LogP contribution in [0.5, 0.6) is 0 Å². The fourth-order valence-electron chi connectivity index (χ4n) is 1.70. The number of rotatable bonds is 8. The Morgan fingerprint density at radius 3 is 2.62 bits per heavy atom. The molecule has 1 aromatic heterocycles. The molecule has 2 aromatic rings. The van der Waals surface area contributed by atoms with Crippen molar-refractivity contribution >= 4 is 44.2 Å². The molecule has 0 aliphatic carbocycles. The first-order chi connectivity index (χ1) is 11.4. The van der Waals surface area contributed by atoms with Gasteiger partial charge in [-0.2, -0.15) is 11.8 Å². The number of hydrogen-bond acceptors (Lipinski definition) is 7. The summed E-state index contributed by atoms with van der Waals surface area (Å²) in [6.07, 6.45) is 0. The first-order valence-corrected chi connectivity index (χ1v) is 10.6. The van der Waals surface area contributed by atoms with E-state index in [9.17, 15) is 13.2 Å². The smallest absolute Gasteiger partial charge is 0.269 e. The van der Waals surface area contributed by atoms with Crippen LogP contribution in [0, 0.1) is 6.92 Å². The van der Waals surface area contributed by atoms with Crippen LogP contribution >= 0.6 is 23.1 Å². The van der Waals surface area contributed by atoms with Gasteiger partial charge in [0.2, 0.25) is 15.4 Å². The van der Waals surface area contributed by atoms with Gasteiger partial charge in [0.05, 0.1) is 0 Å². The molecule has 10 heteroatoms. The van der Waals surface area contributed by atoms with Gasteiger partial charge in [0.1, 0.15) is 0 Å². The standard InChI is InChI=1S/C14H18N4O3S3/c1-10-3-5-12(6-4-10)9-22-8-7-15-24(20,21)14-18-17-13(23-14)16-11(2)19/h3-6,15H,7-9H2,1-2H3,(H,16,17,19). The van der Waals surface area contributed by atoms with Gasteiger partial charge in [0.15, 0.2) is 0 Å². The predicted octanol–water partition coefficient (Wildman–Crippen LogP) is 2.02.